The molecule has 0 amide bonds. The second-order valence-corrected chi connectivity index (χ2v) is 4.35. The first-order valence-corrected chi connectivity index (χ1v) is 6.28. The fourth-order valence-corrected chi connectivity index (χ4v) is 1.71. The molecule has 0 aliphatic carbocycles. The normalized spacial score (nSPS) is 14.7. The van der Waals surface area contributed by atoms with Crippen molar-refractivity contribution >= 4 is 13.8 Å². The number of carbonyl (C=O) groups is 1. The van der Waals surface area contributed by atoms with Crippen molar-refractivity contribution in [2.75, 3.05) is 6.61 Å². The average Bonchev–Trinajstić information content (AvgIpc) is 2.16. The Labute approximate surface area is 89.7 Å². The number of rotatable bonds is 7. The van der Waals surface area contributed by atoms with Crippen LogP contribution in [0.3, 0.4) is 0 Å². The molecule has 0 aromatic rings. The molecule has 5 nitrogen and oxygen atoms in total. The molecule has 0 rings (SSSR count). The first-order chi connectivity index (χ1) is 6.96. The fraction of sp³-hybridized carbons (Fsp3) is 0.667. The third kappa shape index (κ3) is 5.72. The van der Waals surface area contributed by atoms with Crippen LogP contribution in [-0.4, -0.2) is 17.5 Å². The van der Waals surface area contributed by atoms with Gasteiger partial charge in [0.05, 0.1) is 12.5 Å². The molecule has 0 aliphatic heterocycles. The van der Waals surface area contributed by atoms with Crippen molar-refractivity contribution < 1.29 is 23.3 Å². The monoisotopic (exact) mass is 236 g/mol. The van der Waals surface area contributed by atoms with E-state index in [1.54, 1.807) is 0 Å². The van der Waals surface area contributed by atoms with Crippen molar-refractivity contribution in [2.45, 2.75) is 26.7 Å². The Morgan fingerprint density at radius 2 is 2.07 bits per heavy atom. The summed E-state index contributed by atoms with van der Waals surface area (Å²) < 4.78 is 20.0. The van der Waals surface area contributed by atoms with Gasteiger partial charge in [-0.1, -0.05) is 19.9 Å². The molecule has 0 bridgehead atoms. The third-order valence-electron chi connectivity index (χ3n) is 1.88. The van der Waals surface area contributed by atoms with Crippen LogP contribution in [0.25, 0.3) is 0 Å². The van der Waals surface area contributed by atoms with Crippen molar-refractivity contribution in [3.63, 3.8) is 0 Å². The molecular weight excluding hydrogens is 219 g/mol. The van der Waals surface area contributed by atoms with Gasteiger partial charge in [0.2, 0.25) is 0 Å². The summed E-state index contributed by atoms with van der Waals surface area (Å²) in [5.41, 5.74) is 0. The molecule has 0 aromatic carbocycles. The van der Waals surface area contributed by atoms with Crippen LogP contribution in [0.5, 0.6) is 0 Å². The predicted octanol–water partition coefficient (Wildman–Crippen LogP) is 2.27. The summed E-state index contributed by atoms with van der Waals surface area (Å²) in [6.07, 6.45) is 2.43. The molecule has 6 heteroatoms. The van der Waals surface area contributed by atoms with Gasteiger partial charge in [0, 0.05) is 0 Å². The van der Waals surface area contributed by atoms with E-state index in [4.69, 9.17) is 4.89 Å². The summed E-state index contributed by atoms with van der Waals surface area (Å²) in [4.78, 5) is 20.4. The summed E-state index contributed by atoms with van der Waals surface area (Å²) in [5.74, 6) is -1.06. The molecule has 1 atom stereocenters. The van der Waals surface area contributed by atoms with Crippen LogP contribution in [0.2, 0.25) is 0 Å². The summed E-state index contributed by atoms with van der Waals surface area (Å²) in [6.45, 7) is 6.79. The minimum absolute atomic E-state index is 0.135. The van der Waals surface area contributed by atoms with Gasteiger partial charge in [-0.15, -0.1) is 6.58 Å². The molecule has 0 saturated carbocycles. The molecule has 0 fully saturated rings. The Morgan fingerprint density at radius 3 is 2.47 bits per heavy atom. The quantitative estimate of drug-likeness (QED) is 0.542. The lowest BCUT2D eigenvalue weighted by atomic mass is 10.0. The Balaban J connectivity index is 4.25. The van der Waals surface area contributed by atoms with Gasteiger partial charge >= 0.3 is 13.8 Å². The lowest BCUT2D eigenvalue weighted by Crippen LogP contribution is -2.15. The maximum absolute atomic E-state index is 11.3. The number of hydrogen-bond acceptors (Lipinski definition) is 4. The predicted molar refractivity (Wildman–Crippen MR) is 56.1 cm³/mol. The standard InChI is InChI=1S/C9H17O5P/c1-4-7-13-15(11,12)14-9(10)8(5-2)6-3/h4,8H,1,5-7H2,2-3H3,(H,11,12). The highest BCUT2D eigenvalue weighted by Gasteiger charge is 2.28. The van der Waals surface area contributed by atoms with E-state index in [-0.39, 0.29) is 12.5 Å². The summed E-state index contributed by atoms with van der Waals surface area (Å²) in [5, 5.41) is 0. The van der Waals surface area contributed by atoms with Gasteiger partial charge in [0.15, 0.2) is 0 Å². The van der Waals surface area contributed by atoms with Crippen LogP contribution < -0.4 is 0 Å². The van der Waals surface area contributed by atoms with E-state index in [0.717, 1.165) is 0 Å². The van der Waals surface area contributed by atoms with Crippen LogP contribution in [0, 0.1) is 5.92 Å². The van der Waals surface area contributed by atoms with Crippen LogP contribution in [0.4, 0.5) is 0 Å². The lowest BCUT2D eigenvalue weighted by molar-refractivity contribution is -0.140. The molecule has 0 aromatic heterocycles. The van der Waals surface area contributed by atoms with Gasteiger partial charge in [-0.05, 0) is 12.8 Å². The number of phosphoric acid groups is 1. The van der Waals surface area contributed by atoms with Crippen molar-refractivity contribution in [3.05, 3.63) is 12.7 Å². The molecule has 1 unspecified atom stereocenters. The molecular formula is C9H17O5P. The highest BCUT2D eigenvalue weighted by atomic mass is 31.2. The summed E-state index contributed by atoms with van der Waals surface area (Å²) >= 11 is 0. The highest BCUT2D eigenvalue weighted by molar-refractivity contribution is 7.48. The smallest absolute Gasteiger partial charge is 0.370 e. The largest absolute Gasteiger partial charge is 0.529 e. The average molecular weight is 236 g/mol. The Hall–Kier alpha value is -0.640. The number of carbonyl (C=O) groups excluding carboxylic acids is 1. The second-order valence-electron chi connectivity index (χ2n) is 2.98. The van der Waals surface area contributed by atoms with Gasteiger partial charge in [-0.2, -0.15) is 0 Å². The minimum Gasteiger partial charge on any atom is -0.370 e. The zero-order valence-electron chi connectivity index (χ0n) is 9.01. The van der Waals surface area contributed by atoms with E-state index in [1.165, 1.54) is 6.08 Å². The zero-order chi connectivity index (χ0) is 11.9. The topological polar surface area (TPSA) is 72.8 Å². The van der Waals surface area contributed by atoms with Gasteiger partial charge in [-0.3, -0.25) is 14.2 Å². The van der Waals surface area contributed by atoms with E-state index in [0.29, 0.717) is 12.8 Å². The van der Waals surface area contributed by atoms with E-state index < -0.39 is 13.8 Å². The highest BCUT2D eigenvalue weighted by Crippen LogP contribution is 2.44. The van der Waals surface area contributed by atoms with Gasteiger partial charge in [0.1, 0.15) is 0 Å². The minimum atomic E-state index is -4.27. The van der Waals surface area contributed by atoms with E-state index in [1.807, 2.05) is 13.8 Å². The molecule has 0 aliphatic rings. The molecule has 15 heavy (non-hydrogen) atoms. The molecule has 1 N–H and O–H groups in total. The van der Waals surface area contributed by atoms with E-state index in [9.17, 15) is 9.36 Å². The van der Waals surface area contributed by atoms with Crippen LogP contribution in [0.1, 0.15) is 26.7 Å². The molecule has 88 valence electrons. The Bertz CT molecular complexity index is 259. The molecule has 0 saturated heterocycles. The maximum atomic E-state index is 11.3. The van der Waals surface area contributed by atoms with Crippen LogP contribution in [0.15, 0.2) is 12.7 Å². The Kier molecular flexibility index (Phi) is 6.48. The van der Waals surface area contributed by atoms with E-state index >= 15 is 0 Å². The SMILES string of the molecule is C=CCOP(=O)(O)OC(=O)C(CC)CC. The molecule has 0 radical (unpaired) electrons. The van der Waals surface area contributed by atoms with E-state index in [2.05, 4.69) is 15.6 Å². The fourth-order valence-electron chi connectivity index (χ4n) is 0.983. The van der Waals surface area contributed by atoms with Gasteiger partial charge < -0.3 is 4.52 Å². The third-order valence-corrected chi connectivity index (χ3v) is 2.77. The summed E-state index contributed by atoms with van der Waals surface area (Å²) in [6, 6.07) is 0. The lowest BCUT2D eigenvalue weighted by Gasteiger charge is -2.14. The molecule has 0 heterocycles. The zero-order valence-corrected chi connectivity index (χ0v) is 9.90. The van der Waals surface area contributed by atoms with Gasteiger partial charge in [-0.25, -0.2) is 4.57 Å². The second kappa shape index (κ2) is 6.77. The van der Waals surface area contributed by atoms with Crippen molar-refractivity contribution in [3.8, 4) is 0 Å². The summed E-state index contributed by atoms with van der Waals surface area (Å²) in [7, 11) is -4.27. The van der Waals surface area contributed by atoms with Crippen molar-refractivity contribution in [2.24, 2.45) is 5.92 Å². The van der Waals surface area contributed by atoms with Crippen molar-refractivity contribution in [1.29, 1.82) is 0 Å². The first-order valence-electron chi connectivity index (χ1n) is 4.78. The van der Waals surface area contributed by atoms with Crippen LogP contribution in [-0.2, 0) is 18.4 Å². The van der Waals surface area contributed by atoms with Crippen LogP contribution >= 0.6 is 7.82 Å². The number of hydrogen-bond donors (Lipinski definition) is 1. The molecule has 0 spiro atoms. The maximum Gasteiger partial charge on any atom is 0.529 e. The Morgan fingerprint density at radius 1 is 1.53 bits per heavy atom. The van der Waals surface area contributed by atoms with Gasteiger partial charge in [0.25, 0.3) is 0 Å². The number of phosphoric ester groups is 1. The first kappa shape index (κ1) is 14.4. The van der Waals surface area contributed by atoms with Crippen molar-refractivity contribution in [1.82, 2.24) is 0 Å².